The molecule has 0 spiro atoms. The van der Waals surface area contributed by atoms with Crippen LogP contribution in [0.3, 0.4) is 0 Å². The van der Waals surface area contributed by atoms with E-state index in [1.165, 1.54) is 6.08 Å². The molecule has 0 radical (unpaired) electrons. The van der Waals surface area contributed by atoms with Gasteiger partial charge in [-0.1, -0.05) is 12.1 Å². The summed E-state index contributed by atoms with van der Waals surface area (Å²) in [5, 5.41) is 0. The van der Waals surface area contributed by atoms with E-state index in [0.29, 0.717) is 10.4 Å². The van der Waals surface area contributed by atoms with Crippen LogP contribution in [0.4, 0.5) is 5.69 Å². The molecule has 1 aliphatic rings. The van der Waals surface area contributed by atoms with E-state index in [0.717, 1.165) is 5.56 Å². The zero-order chi connectivity index (χ0) is 9.26. The first-order chi connectivity index (χ1) is 6.33. The van der Waals surface area contributed by atoms with Crippen molar-refractivity contribution in [2.24, 2.45) is 0 Å². The lowest BCUT2D eigenvalue weighted by molar-refractivity contribution is -0.399. The summed E-state index contributed by atoms with van der Waals surface area (Å²) < 4.78 is 0.586. The predicted octanol–water partition coefficient (Wildman–Crippen LogP) is 1.84. The molecule has 1 aromatic rings. The van der Waals surface area contributed by atoms with E-state index < -0.39 is 0 Å². The highest BCUT2D eigenvalue weighted by atomic mass is 16.3. The Bertz CT molecular complexity index is 454. The molecule has 0 saturated carbocycles. The molecule has 0 saturated heterocycles. The van der Waals surface area contributed by atoms with Crippen LogP contribution in [0.2, 0.25) is 0 Å². The minimum atomic E-state index is 0.0127. The lowest BCUT2D eigenvalue weighted by Crippen LogP contribution is -2.04. The van der Waals surface area contributed by atoms with Gasteiger partial charge in [0.1, 0.15) is 0 Å². The molecule has 1 heterocycles. The Morgan fingerprint density at radius 3 is 2.69 bits per heavy atom. The van der Waals surface area contributed by atoms with Crippen molar-refractivity contribution in [3.8, 4) is 0 Å². The number of carbonyl (C=O) groups excluding carboxylic acids is 1. The lowest BCUT2D eigenvalue weighted by atomic mass is 10.1. The quantitative estimate of drug-likeness (QED) is 0.442. The van der Waals surface area contributed by atoms with E-state index >= 15 is 0 Å². The molecule has 0 unspecified atom stereocenters. The minimum absolute atomic E-state index is 0.0127. The predicted molar refractivity (Wildman–Crippen MR) is 48.0 cm³/mol. The number of nitrogens with zero attached hydrogens (tertiary/aromatic N) is 1. The minimum Gasteiger partial charge on any atom is -0.226 e. The summed E-state index contributed by atoms with van der Waals surface area (Å²) >= 11 is 0. The number of para-hydroxylation sites is 1. The van der Waals surface area contributed by atoms with Crippen molar-refractivity contribution in [3.05, 3.63) is 46.5 Å². The van der Waals surface area contributed by atoms with Crippen molar-refractivity contribution in [3.63, 3.8) is 0 Å². The Labute approximate surface area is 74.6 Å². The molecule has 1 aliphatic heterocycles. The number of fused-ring (bicyclic) bond motifs is 1. The van der Waals surface area contributed by atoms with E-state index in [2.05, 4.69) is 0 Å². The van der Waals surface area contributed by atoms with Crippen LogP contribution >= 0.6 is 0 Å². The van der Waals surface area contributed by atoms with Crippen LogP contribution in [0.1, 0.15) is 5.56 Å². The fourth-order valence-electron chi connectivity index (χ4n) is 1.26. The van der Waals surface area contributed by atoms with E-state index in [9.17, 15) is 9.70 Å². The first-order valence-corrected chi connectivity index (χ1v) is 3.82. The second-order valence-corrected chi connectivity index (χ2v) is 2.67. The number of hydrogen-bond acceptors (Lipinski definition) is 2. The van der Waals surface area contributed by atoms with E-state index in [1.54, 1.807) is 24.2 Å². The van der Waals surface area contributed by atoms with Crippen LogP contribution in [0.5, 0.6) is 0 Å². The molecular weight excluding hydrogens is 166 g/mol. The third kappa shape index (κ3) is 1.11. The van der Waals surface area contributed by atoms with Crippen molar-refractivity contribution >= 4 is 17.7 Å². The SMILES string of the molecule is O=C=C1C=Cc2ccccc2[N+]1=O. The van der Waals surface area contributed by atoms with Gasteiger partial charge in [0.25, 0.3) is 5.69 Å². The molecule has 13 heavy (non-hydrogen) atoms. The van der Waals surface area contributed by atoms with Gasteiger partial charge in [-0.3, -0.25) is 0 Å². The van der Waals surface area contributed by atoms with Crippen LogP contribution in [-0.2, 0) is 4.79 Å². The van der Waals surface area contributed by atoms with Crippen molar-refractivity contribution in [1.29, 1.82) is 0 Å². The van der Waals surface area contributed by atoms with Crippen LogP contribution in [0, 0.1) is 4.91 Å². The van der Waals surface area contributed by atoms with Gasteiger partial charge in [0.15, 0.2) is 0 Å². The Morgan fingerprint density at radius 2 is 1.92 bits per heavy atom. The van der Waals surface area contributed by atoms with E-state index in [-0.39, 0.29) is 5.70 Å². The summed E-state index contributed by atoms with van der Waals surface area (Å²) in [4.78, 5) is 21.7. The fraction of sp³-hybridized carbons (Fsp3) is 0. The maximum absolute atomic E-state index is 11.4. The molecular formula is C10H6NO2+. The lowest BCUT2D eigenvalue weighted by Gasteiger charge is -1.99. The van der Waals surface area contributed by atoms with Crippen LogP contribution in [0.15, 0.2) is 36.0 Å². The second-order valence-electron chi connectivity index (χ2n) is 2.67. The van der Waals surface area contributed by atoms with Gasteiger partial charge in [-0.2, -0.15) is 0 Å². The summed E-state index contributed by atoms with van der Waals surface area (Å²) in [6.45, 7) is 0. The van der Waals surface area contributed by atoms with E-state index in [4.69, 9.17) is 0 Å². The van der Waals surface area contributed by atoms with Gasteiger partial charge in [0.2, 0.25) is 5.94 Å². The third-order valence-corrected chi connectivity index (χ3v) is 1.90. The molecule has 3 heteroatoms. The van der Waals surface area contributed by atoms with Crippen molar-refractivity contribution in [2.45, 2.75) is 0 Å². The van der Waals surface area contributed by atoms with Gasteiger partial charge in [-0.25, -0.2) is 4.79 Å². The maximum atomic E-state index is 11.4. The second kappa shape index (κ2) is 2.81. The van der Waals surface area contributed by atoms with Gasteiger partial charge >= 0.3 is 5.70 Å². The monoisotopic (exact) mass is 172 g/mol. The van der Waals surface area contributed by atoms with Crippen LogP contribution in [-0.4, -0.2) is 10.7 Å². The fourth-order valence-corrected chi connectivity index (χ4v) is 1.26. The van der Waals surface area contributed by atoms with Crippen LogP contribution in [0.25, 0.3) is 6.08 Å². The molecule has 1 aromatic carbocycles. The molecule has 0 amide bonds. The topological polar surface area (TPSA) is 37.1 Å². The van der Waals surface area contributed by atoms with Gasteiger partial charge in [0.05, 0.1) is 10.3 Å². The normalized spacial score (nSPS) is 13.8. The molecule has 2 rings (SSSR count). The zero-order valence-electron chi connectivity index (χ0n) is 6.73. The summed E-state index contributed by atoms with van der Waals surface area (Å²) in [5.74, 6) is 1.59. The Balaban J connectivity index is 2.68. The Morgan fingerprint density at radius 1 is 1.15 bits per heavy atom. The van der Waals surface area contributed by atoms with Gasteiger partial charge in [0, 0.05) is 17.0 Å². The first-order valence-electron chi connectivity index (χ1n) is 3.82. The van der Waals surface area contributed by atoms with Crippen LogP contribution < -0.4 is 0 Å². The smallest absolute Gasteiger partial charge is 0.226 e. The third-order valence-electron chi connectivity index (χ3n) is 1.90. The summed E-state index contributed by atoms with van der Waals surface area (Å²) in [5.41, 5.74) is 1.32. The van der Waals surface area contributed by atoms with E-state index in [1.807, 2.05) is 12.1 Å². The molecule has 0 fully saturated rings. The largest absolute Gasteiger partial charge is 0.345 e. The number of allylic oxidation sites excluding steroid dienone is 1. The average Bonchev–Trinajstić information content (AvgIpc) is 2.19. The standard InChI is InChI=1S/C10H6NO2/c12-7-9-6-5-8-3-1-2-4-10(8)11(9)13/h1-6H/q+1. The highest BCUT2D eigenvalue weighted by molar-refractivity contribution is 5.69. The van der Waals surface area contributed by atoms with Gasteiger partial charge in [-0.05, 0) is 12.1 Å². The highest BCUT2D eigenvalue weighted by Gasteiger charge is 2.26. The number of rotatable bonds is 0. The molecule has 0 N–H and O–H groups in total. The maximum Gasteiger partial charge on any atom is 0.345 e. The number of nitroso groups, excluding NO2 is 1. The highest BCUT2D eigenvalue weighted by Crippen LogP contribution is 2.26. The van der Waals surface area contributed by atoms with Crippen molar-refractivity contribution in [1.82, 2.24) is 0 Å². The molecule has 0 aromatic heterocycles. The molecule has 62 valence electrons. The summed E-state index contributed by atoms with van der Waals surface area (Å²) in [7, 11) is 0. The van der Waals surface area contributed by atoms with Crippen molar-refractivity contribution in [2.75, 3.05) is 0 Å². The first kappa shape index (κ1) is 7.65. The number of benzene rings is 1. The van der Waals surface area contributed by atoms with Crippen molar-refractivity contribution < 1.29 is 9.55 Å². The summed E-state index contributed by atoms with van der Waals surface area (Å²) in [6.07, 6.45) is 3.19. The zero-order valence-corrected chi connectivity index (χ0v) is 6.73. The summed E-state index contributed by atoms with van der Waals surface area (Å²) in [6, 6.07) is 7.08. The average molecular weight is 172 g/mol. The molecule has 0 atom stereocenters. The van der Waals surface area contributed by atoms with Gasteiger partial charge < -0.3 is 0 Å². The number of hydrogen-bond donors (Lipinski definition) is 0. The Kier molecular flexibility index (Phi) is 1.65. The molecule has 0 bridgehead atoms. The Hall–Kier alpha value is -1.99. The van der Waals surface area contributed by atoms with Gasteiger partial charge in [-0.15, -0.1) is 0 Å². The molecule has 0 aliphatic carbocycles. The molecule has 3 nitrogen and oxygen atoms in total.